The zero-order chi connectivity index (χ0) is 9.26. The Hall–Kier alpha value is -0.0800. The predicted molar refractivity (Wildman–Crippen MR) is 55.6 cm³/mol. The van der Waals surface area contributed by atoms with Gasteiger partial charge in [-0.25, -0.2) is 0 Å². The Labute approximate surface area is 81.3 Å². The van der Waals surface area contributed by atoms with Gasteiger partial charge >= 0.3 is 0 Å². The first-order valence-corrected chi connectivity index (χ1v) is 5.77. The molecule has 2 fully saturated rings. The van der Waals surface area contributed by atoms with Crippen molar-refractivity contribution in [2.24, 2.45) is 11.7 Å². The van der Waals surface area contributed by atoms with E-state index in [2.05, 4.69) is 12.2 Å². The zero-order valence-electron chi connectivity index (χ0n) is 8.63. The van der Waals surface area contributed by atoms with Gasteiger partial charge in [0.25, 0.3) is 0 Å². The molecular formula is C11H22N2. The summed E-state index contributed by atoms with van der Waals surface area (Å²) < 4.78 is 0. The minimum absolute atomic E-state index is 0.467. The molecule has 2 nitrogen and oxygen atoms in total. The Morgan fingerprint density at radius 1 is 1.15 bits per heavy atom. The third kappa shape index (κ3) is 2.23. The fourth-order valence-corrected chi connectivity index (χ4v) is 2.86. The quantitative estimate of drug-likeness (QED) is 0.681. The molecule has 13 heavy (non-hydrogen) atoms. The molecule has 0 aromatic heterocycles. The van der Waals surface area contributed by atoms with Gasteiger partial charge in [0.05, 0.1) is 0 Å². The molecule has 0 amide bonds. The van der Waals surface area contributed by atoms with Crippen LogP contribution in [-0.4, -0.2) is 18.1 Å². The van der Waals surface area contributed by atoms with Crippen LogP contribution < -0.4 is 11.1 Å². The molecule has 3 N–H and O–H groups in total. The van der Waals surface area contributed by atoms with Crippen molar-refractivity contribution in [1.29, 1.82) is 0 Å². The molecule has 0 spiro atoms. The highest BCUT2D eigenvalue weighted by molar-refractivity contribution is 4.88. The fraction of sp³-hybridized carbons (Fsp3) is 1.00. The average molecular weight is 182 g/mol. The van der Waals surface area contributed by atoms with Crippen LogP contribution in [0.3, 0.4) is 0 Å². The summed E-state index contributed by atoms with van der Waals surface area (Å²) in [5, 5.41) is 3.78. The Kier molecular flexibility index (Phi) is 2.89. The van der Waals surface area contributed by atoms with E-state index in [1.54, 1.807) is 0 Å². The first kappa shape index (κ1) is 9.47. The van der Waals surface area contributed by atoms with E-state index in [-0.39, 0.29) is 0 Å². The number of nitrogens with one attached hydrogen (secondary N) is 1. The highest BCUT2D eigenvalue weighted by Gasteiger charge is 2.28. The third-order valence-corrected chi connectivity index (χ3v) is 3.78. The fourth-order valence-electron chi connectivity index (χ4n) is 2.86. The lowest BCUT2D eigenvalue weighted by Gasteiger charge is -2.22. The van der Waals surface area contributed by atoms with E-state index in [0.29, 0.717) is 6.04 Å². The van der Waals surface area contributed by atoms with Crippen molar-refractivity contribution >= 4 is 0 Å². The number of hydrogen-bond acceptors (Lipinski definition) is 2. The van der Waals surface area contributed by atoms with Gasteiger partial charge in [0.2, 0.25) is 0 Å². The lowest BCUT2D eigenvalue weighted by molar-refractivity contribution is 0.371. The smallest absolute Gasteiger partial charge is 0.00952 e. The summed E-state index contributed by atoms with van der Waals surface area (Å²) in [4.78, 5) is 0. The van der Waals surface area contributed by atoms with E-state index in [0.717, 1.165) is 18.0 Å². The van der Waals surface area contributed by atoms with Crippen molar-refractivity contribution in [2.75, 3.05) is 0 Å². The van der Waals surface area contributed by atoms with Crippen LogP contribution in [0.1, 0.15) is 45.4 Å². The van der Waals surface area contributed by atoms with Crippen LogP contribution in [0.4, 0.5) is 0 Å². The summed E-state index contributed by atoms with van der Waals surface area (Å²) >= 11 is 0. The van der Waals surface area contributed by atoms with Gasteiger partial charge in [-0.15, -0.1) is 0 Å². The lowest BCUT2D eigenvalue weighted by Crippen LogP contribution is -2.39. The first-order valence-electron chi connectivity index (χ1n) is 5.77. The molecule has 0 aliphatic heterocycles. The molecule has 76 valence electrons. The predicted octanol–water partition coefficient (Wildman–Crippen LogP) is 1.64. The molecule has 2 heteroatoms. The van der Waals surface area contributed by atoms with Gasteiger partial charge in [-0.05, 0) is 38.0 Å². The molecule has 0 saturated heterocycles. The van der Waals surface area contributed by atoms with Crippen molar-refractivity contribution in [1.82, 2.24) is 5.32 Å². The SMILES string of the molecule is CC1CCCC1NC1CCC(N)C1. The number of rotatable bonds is 2. The van der Waals surface area contributed by atoms with Crippen LogP contribution in [0.2, 0.25) is 0 Å². The summed E-state index contributed by atoms with van der Waals surface area (Å²) in [6.07, 6.45) is 7.92. The van der Waals surface area contributed by atoms with Crippen LogP contribution in [0.15, 0.2) is 0 Å². The van der Waals surface area contributed by atoms with E-state index in [4.69, 9.17) is 5.73 Å². The summed E-state index contributed by atoms with van der Waals surface area (Å²) in [7, 11) is 0. The van der Waals surface area contributed by atoms with E-state index >= 15 is 0 Å². The van der Waals surface area contributed by atoms with Gasteiger partial charge in [0.1, 0.15) is 0 Å². The third-order valence-electron chi connectivity index (χ3n) is 3.78. The van der Waals surface area contributed by atoms with E-state index in [9.17, 15) is 0 Å². The van der Waals surface area contributed by atoms with Crippen molar-refractivity contribution in [3.05, 3.63) is 0 Å². The second kappa shape index (κ2) is 3.97. The highest BCUT2D eigenvalue weighted by Crippen LogP contribution is 2.27. The molecule has 0 radical (unpaired) electrons. The van der Waals surface area contributed by atoms with Gasteiger partial charge in [0.15, 0.2) is 0 Å². The van der Waals surface area contributed by atoms with Gasteiger partial charge in [-0.1, -0.05) is 13.3 Å². The largest absolute Gasteiger partial charge is 0.328 e. The summed E-state index contributed by atoms with van der Waals surface area (Å²) in [5.41, 5.74) is 5.89. The molecule has 0 heterocycles. The molecule has 4 atom stereocenters. The van der Waals surface area contributed by atoms with Crippen LogP contribution in [0, 0.1) is 5.92 Å². The maximum atomic E-state index is 5.89. The van der Waals surface area contributed by atoms with Gasteiger partial charge in [0, 0.05) is 18.1 Å². The molecular weight excluding hydrogens is 160 g/mol. The maximum absolute atomic E-state index is 5.89. The summed E-state index contributed by atoms with van der Waals surface area (Å²) in [6, 6.07) is 1.98. The molecule has 2 aliphatic carbocycles. The van der Waals surface area contributed by atoms with Gasteiger partial charge in [-0.2, -0.15) is 0 Å². The van der Waals surface area contributed by atoms with Gasteiger partial charge < -0.3 is 11.1 Å². The van der Waals surface area contributed by atoms with Crippen LogP contribution in [0.25, 0.3) is 0 Å². The molecule has 2 saturated carbocycles. The standard InChI is InChI=1S/C11H22N2/c1-8-3-2-4-11(8)13-10-6-5-9(12)7-10/h8-11,13H,2-7,12H2,1H3. The lowest BCUT2D eigenvalue weighted by atomic mass is 10.0. The van der Waals surface area contributed by atoms with Crippen molar-refractivity contribution in [2.45, 2.75) is 63.6 Å². The molecule has 2 rings (SSSR count). The van der Waals surface area contributed by atoms with Crippen molar-refractivity contribution < 1.29 is 0 Å². The molecule has 0 aromatic carbocycles. The topological polar surface area (TPSA) is 38.0 Å². The minimum Gasteiger partial charge on any atom is -0.328 e. The Morgan fingerprint density at radius 2 is 2.00 bits per heavy atom. The minimum atomic E-state index is 0.467. The van der Waals surface area contributed by atoms with Gasteiger partial charge in [-0.3, -0.25) is 0 Å². The highest BCUT2D eigenvalue weighted by atomic mass is 15.0. The normalized spacial score (nSPS) is 45.7. The van der Waals surface area contributed by atoms with Crippen molar-refractivity contribution in [3.8, 4) is 0 Å². The molecule has 4 unspecified atom stereocenters. The maximum Gasteiger partial charge on any atom is 0.00952 e. The zero-order valence-corrected chi connectivity index (χ0v) is 8.63. The van der Waals surface area contributed by atoms with E-state index < -0.39 is 0 Å². The second-order valence-electron chi connectivity index (χ2n) is 4.95. The van der Waals surface area contributed by atoms with Crippen LogP contribution >= 0.6 is 0 Å². The molecule has 0 bridgehead atoms. The molecule has 2 aliphatic rings. The van der Waals surface area contributed by atoms with E-state index in [1.165, 1.54) is 38.5 Å². The number of hydrogen-bond donors (Lipinski definition) is 2. The average Bonchev–Trinajstić information content (AvgIpc) is 2.64. The van der Waals surface area contributed by atoms with E-state index in [1.807, 2.05) is 0 Å². The Bertz CT molecular complexity index is 169. The Morgan fingerprint density at radius 3 is 2.54 bits per heavy atom. The second-order valence-corrected chi connectivity index (χ2v) is 4.95. The first-order chi connectivity index (χ1) is 6.25. The summed E-state index contributed by atoms with van der Waals surface area (Å²) in [6.45, 7) is 2.37. The van der Waals surface area contributed by atoms with Crippen LogP contribution in [-0.2, 0) is 0 Å². The Balaban J connectivity index is 1.77. The monoisotopic (exact) mass is 182 g/mol. The number of nitrogens with two attached hydrogens (primary N) is 1. The molecule has 0 aromatic rings. The van der Waals surface area contributed by atoms with Crippen LogP contribution in [0.5, 0.6) is 0 Å². The summed E-state index contributed by atoms with van der Waals surface area (Å²) in [5.74, 6) is 0.886. The van der Waals surface area contributed by atoms with Crippen molar-refractivity contribution in [3.63, 3.8) is 0 Å².